The summed E-state index contributed by atoms with van der Waals surface area (Å²) in [5.74, 6) is 0.822. The van der Waals surface area contributed by atoms with Gasteiger partial charge >= 0.3 is 0 Å². The minimum absolute atomic E-state index is 0.549. The molecule has 74 valence electrons. The molecule has 0 unspecified atom stereocenters. The maximum atomic E-state index is 8.83. The van der Waals surface area contributed by atoms with E-state index < -0.39 is 0 Å². The second-order valence-corrected chi connectivity index (χ2v) is 2.92. The van der Waals surface area contributed by atoms with Crippen molar-refractivity contribution in [3.63, 3.8) is 0 Å². The SMILES string of the molecule is N#Cc1ccncc1NCc1ncc[nH]1. The quantitative estimate of drug-likeness (QED) is 0.780. The minimum atomic E-state index is 0.549. The van der Waals surface area contributed by atoms with E-state index >= 15 is 0 Å². The Hall–Kier alpha value is -2.35. The fraction of sp³-hybridized carbons (Fsp3) is 0.100. The number of rotatable bonds is 3. The van der Waals surface area contributed by atoms with Gasteiger partial charge in [-0.25, -0.2) is 4.98 Å². The Morgan fingerprint density at radius 3 is 3.13 bits per heavy atom. The molecule has 0 saturated carbocycles. The predicted octanol–water partition coefficient (Wildman–Crippen LogP) is 1.29. The maximum absolute atomic E-state index is 8.83. The second kappa shape index (κ2) is 4.24. The first kappa shape index (κ1) is 9.21. The molecule has 2 aromatic rings. The summed E-state index contributed by atoms with van der Waals surface area (Å²) in [6.45, 7) is 0.549. The number of nitriles is 1. The molecule has 2 heterocycles. The first-order valence-corrected chi connectivity index (χ1v) is 4.46. The van der Waals surface area contributed by atoms with Gasteiger partial charge in [-0.05, 0) is 6.07 Å². The Labute approximate surface area is 86.8 Å². The molecule has 2 N–H and O–H groups in total. The van der Waals surface area contributed by atoms with Crippen LogP contribution in [0.2, 0.25) is 0 Å². The fourth-order valence-corrected chi connectivity index (χ4v) is 1.21. The van der Waals surface area contributed by atoms with Crippen LogP contribution in [-0.2, 0) is 6.54 Å². The predicted molar refractivity (Wildman–Crippen MR) is 54.9 cm³/mol. The third-order valence-corrected chi connectivity index (χ3v) is 1.94. The normalized spacial score (nSPS) is 9.53. The van der Waals surface area contributed by atoms with Gasteiger partial charge in [-0.15, -0.1) is 0 Å². The van der Waals surface area contributed by atoms with Crippen molar-refractivity contribution >= 4 is 5.69 Å². The van der Waals surface area contributed by atoms with E-state index in [0.717, 1.165) is 11.5 Å². The summed E-state index contributed by atoms with van der Waals surface area (Å²) in [5, 5.41) is 11.9. The van der Waals surface area contributed by atoms with Crippen LogP contribution in [0.1, 0.15) is 11.4 Å². The van der Waals surface area contributed by atoms with Crippen LogP contribution < -0.4 is 5.32 Å². The van der Waals surface area contributed by atoms with Crippen LogP contribution in [-0.4, -0.2) is 15.0 Å². The van der Waals surface area contributed by atoms with Gasteiger partial charge in [0.25, 0.3) is 0 Å². The molecule has 0 radical (unpaired) electrons. The molecule has 0 atom stereocenters. The summed E-state index contributed by atoms with van der Waals surface area (Å²) in [7, 11) is 0. The molecule has 0 aliphatic carbocycles. The molecule has 15 heavy (non-hydrogen) atoms. The van der Waals surface area contributed by atoms with E-state index in [0.29, 0.717) is 12.1 Å². The van der Waals surface area contributed by atoms with Gasteiger partial charge in [0, 0.05) is 18.6 Å². The van der Waals surface area contributed by atoms with Crippen molar-refractivity contribution in [1.82, 2.24) is 15.0 Å². The molecule has 5 nitrogen and oxygen atoms in total. The third kappa shape index (κ3) is 2.11. The Balaban J connectivity index is 2.08. The molecule has 5 heteroatoms. The van der Waals surface area contributed by atoms with Crippen molar-refractivity contribution in [2.24, 2.45) is 0 Å². The highest BCUT2D eigenvalue weighted by Gasteiger charge is 2.01. The molecule has 0 bridgehead atoms. The first-order chi connectivity index (χ1) is 7.40. The second-order valence-electron chi connectivity index (χ2n) is 2.92. The van der Waals surface area contributed by atoms with Crippen molar-refractivity contribution in [2.75, 3.05) is 5.32 Å². The number of hydrogen-bond acceptors (Lipinski definition) is 4. The van der Waals surface area contributed by atoms with Crippen molar-refractivity contribution < 1.29 is 0 Å². The van der Waals surface area contributed by atoms with Gasteiger partial charge in [0.15, 0.2) is 0 Å². The summed E-state index contributed by atoms with van der Waals surface area (Å²) in [6, 6.07) is 3.76. The zero-order valence-electron chi connectivity index (χ0n) is 7.94. The standard InChI is InChI=1S/C10H9N5/c11-5-8-1-2-12-6-9(8)15-7-10-13-3-4-14-10/h1-4,6,15H,7H2,(H,13,14). The highest BCUT2D eigenvalue weighted by Crippen LogP contribution is 2.12. The summed E-state index contributed by atoms with van der Waals surface area (Å²) in [6.07, 6.45) is 6.66. The Bertz CT molecular complexity index is 469. The smallest absolute Gasteiger partial charge is 0.125 e. The topological polar surface area (TPSA) is 77.4 Å². The molecular weight excluding hydrogens is 190 g/mol. The van der Waals surface area contributed by atoms with E-state index in [9.17, 15) is 0 Å². The number of hydrogen-bond donors (Lipinski definition) is 2. The van der Waals surface area contributed by atoms with Gasteiger partial charge in [-0.3, -0.25) is 4.98 Å². The van der Waals surface area contributed by atoms with Crippen molar-refractivity contribution in [3.8, 4) is 6.07 Å². The average Bonchev–Trinajstić information content (AvgIpc) is 2.79. The van der Waals surface area contributed by atoms with Crippen LogP contribution in [0.15, 0.2) is 30.9 Å². The third-order valence-electron chi connectivity index (χ3n) is 1.94. The summed E-state index contributed by atoms with van der Waals surface area (Å²) in [5.41, 5.74) is 1.30. The Kier molecular flexibility index (Phi) is 2.61. The molecule has 0 saturated heterocycles. The zero-order valence-corrected chi connectivity index (χ0v) is 7.94. The molecular formula is C10H9N5. The first-order valence-electron chi connectivity index (χ1n) is 4.46. The summed E-state index contributed by atoms with van der Waals surface area (Å²) < 4.78 is 0. The monoisotopic (exact) mass is 199 g/mol. The van der Waals surface area contributed by atoms with Crippen LogP contribution in [0, 0.1) is 11.3 Å². The molecule has 2 rings (SSSR count). The van der Waals surface area contributed by atoms with Gasteiger partial charge < -0.3 is 10.3 Å². The van der Waals surface area contributed by atoms with Gasteiger partial charge in [0.2, 0.25) is 0 Å². The van der Waals surface area contributed by atoms with Gasteiger partial charge in [0.05, 0.1) is 24.0 Å². The number of imidazole rings is 1. The molecule has 0 amide bonds. The molecule has 0 fully saturated rings. The fourth-order valence-electron chi connectivity index (χ4n) is 1.21. The van der Waals surface area contributed by atoms with E-state index in [1.807, 2.05) is 0 Å². The minimum Gasteiger partial charge on any atom is -0.376 e. The van der Waals surface area contributed by atoms with E-state index in [2.05, 4.69) is 26.3 Å². The Morgan fingerprint density at radius 1 is 1.47 bits per heavy atom. The number of H-pyrrole nitrogens is 1. The highest BCUT2D eigenvalue weighted by atomic mass is 15.0. The van der Waals surface area contributed by atoms with E-state index in [4.69, 9.17) is 5.26 Å². The highest BCUT2D eigenvalue weighted by molar-refractivity contribution is 5.55. The maximum Gasteiger partial charge on any atom is 0.125 e. The van der Waals surface area contributed by atoms with Gasteiger partial charge in [0.1, 0.15) is 11.9 Å². The lowest BCUT2D eigenvalue weighted by atomic mass is 10.2. The van der Waals surface area contributed by atoms with E-state index in [1.165, 1.54) is 0 Å². The summed E-state index contributed by atoms with van der Waals surface area (Å²) >= 11 is 0. The van der Waals surface area contributed by atoms with Gasteiger partial charge in [-0.2, -0.15) is 5.26 Å². The number of pyridine rings is 1. The van der Waals surface area contributed by atoms with E-state index in [-0.39, 0.29) is 0 Å². The Morgan fingerprint density at radius 2 is 2.40 bits per heavy atom. The number of aromatic nitrogens is 3. The van der Waals surface area contributed by atoms with Crippen LogP contribution in [0.4, 0.5) is 5.69 Å². The number of nitrogens with zero attached hydrogens (tertiary/aromatic N) is 3. The molecule has 0 spiro atoms. The van der Waals surface area contributed by atoms with E-state index in [1.54, 1.807) is 30.9 Å². The zero-order chi connectivity index (χ0) is 10.5. The van der Waals surface area contributed by atoms with Crippen LogP contribution in [0.3, 0.4) is 0 Å². The molecule has 2 aromatic heterocycles. The average molecular weight is 199 g/mol. The molecule has 0 aromatic carbocycles. The lowest BCUT2D eigenvalue weighted by Gasteiger charge is -2.04. The van der Waals surface area contributed by atoms with Crippen molar-refractivity contribution in [2.45, 2.75) is 6.54 Å². The van der Waals surface area contributed by atoms with Crippen molar-refractivity contribution in [1.29, 1.82) is 5.26 Å². The number of nitrogens with one attached hydrogen (secondary N) is 2. The lowest BCUT2D eigenvalue weighted by molar-refractivity contribution is 0.996. The lowest BCUT2D eigenvalue weighted by Crippen LogP contribution is -2.03. The van der Waals surface area contributed by atoms with Crippen LogP contribution in [0.5, 0.6) is 0 Å². The van der Waals surface area contributed by atoms with Crippen LogP contribution >= 0.6 is 0 Å². The molecule has 0 aliphatic heterocycles. The number of anilines is 1. The molecule has 0 aliphatic rings. The number of aromatic amines is 1. The van der Waals surface area contributed by atoms with Crippen LogP contribution in [0.25, 0.3) is 0 Å². The largest absolute Gasteiger partial charge is 0.376 e. The van der Waals surface area contributed by atoms with Crippen molar-refractivity contribution in [3.05, 3.63) is 42.2 Å². The van der Waals surface area contributed by atoms with Gasteiger partial charge in [-0.1, -0.05) is 0 Å². The summed E-state index contributed by atoms with van der Waals surface area (Å²) in [4.78, 5) is 11.0.